The lowest BCUT2D eigenvalue weighted by molar-refractivity contribution is -0.121. The van der Waals surface area contributed by atoms with Crippen molar-refractivity contribution in [2.75, 3.05) is 58.0 Å². The quantitative estimate of drug-likeness (QED) is 0.299. The van der Waals surface area contributed by atoms with E-state index in [2.05, 4.69) is 5.32 Å². The number of carbonyl (C=O) groups is 2. The molecule has 3 heterocycles. The van der Waals surface area contributed by atoms with Gasteiger partial charge in [-0.15, -0.1) is 0 Å². The lowest BCUT2D eigenvalue weighted by Crippen LogP contribution is -2.40. The number of methoxy groups -OCH3 is 1. The van der Waals surface area contributed by atoms with Crippen LogP contribution in [-0.4, -0.2) is 82.2 Å². The van der Waals surface area contributed by atoms with E-state index < -0.39 is 10.0 Å². The molecular formula is C29H34N4O6S. The van der Waals surface area contributed by atoms with Gasteiger partial charge >= 0.3 is 0 Å². The molecule has 0 bridgehead atoms. The molecule has 0 radical (unpaired) electrons. The number of rotatable bonds is 10. The Balaban J connectivity index is 1.52. The second-order valence-electron chi connectivity index (χ2n) is 9.73. The number of aromatic nitrogens is 1. The second kappa shape index (κ2) is 11.9. The zero-order valence-corrected chi connectivity index (χ0v) is 23.6. The van der Waals surface area contributed by atoms with Gasteiger partial charge in [0.05, 0.1) is 23.8 Å². The highest BCUT2D eigenvalue weighted by atomic mass is 32.2. The summed E-state index contributed by atoms with van der Waals surface area (Å²) in [5.74, 6) is -0.306. The number of carbonyl (C=O) groups excluding carboxylic acids is 2. The fraction of sp³-hybridized carbons (Fsp3) is 0.379. The van der Waals surface area contributed by atoms with E-state index >= 15 is 0 Å². The molecule has 2 amide bonds. The highest BCUT2D eigenvalue weighted by Crippen LogP contribution is 2.40. The van der Waals surface area contributed by atoms with Crippen LogP contribution in [-0.2, 0) is 35.6 Å². The molecule has 212 valence electrons. The van der Waals surface area contributed by atoms with Crippen molar-refractivity contribution < 1.29 is 27.5 Å². The van der Waals surface area contributed by atoms with Gasteiger partial charge in [0.15, 0.2) is 0 Å². The number of morpholine rings is 1. The summed E-state index contributed by atoms with van der Waals surface area (Å²) in [5, 5.41) is 3.80. The Labute approximate surface area is 234 Å². The van der Waals surface area contributed by atoms with Gasteiger partial charge in [0, 0.05) is 73.7 Å². The molecule has 0 spiro atoms. The standard InChI is InChI=1S/C29H34N4O6S/c1-3-33-27-10-9-22(40(36,37)32-12-15-39-16-13-32)18-24(27)25(29(33)35)17-21-19-31(26-8-5-4-7-23(21)26)20-28(34)30-11-6-14-38-2/h4-5,7-10,17-19H,3,6,11-16,20H2,1-2H3,(H,30,34). The van der Waals surface area contributed by atoms with Gasteiger partial charge < -0.3 is 24.3 Å². The summed E-state index contributed by atoms with van der Waals surface area (Å²) in [6.07, 6.45) is 4.39. The summed E-state index contributed by atoms with van der Waals surface area (Å²) in [5.41, 5.74) is 3.31. The molecule has 0 saturated carbocycles. The number of likely N-dealkylation sites (N-methyl/N-ethyl adjacent to an activating group) is 1. The van der Waals surface area contributed by atoms with Crippen molar-refractivity contribution in [3.8, 4) is 0 Å². The number of benzene rings is 2. The minimum atomic E-state index is -3.74. The van der Waals surface area contributed by atoms with Crippen LogP contribution in [0.2, 0.25) is 0 Å². The predicted molar refractivity (Wildman–Crippen MR) is 153 cm³/mol. The molecule has 3 aromatic rings. The predicted octanol–water partition coefficient (Wildman–Crippen LogP) is 2.72. The van der Waals surface area contributed by atoms with E-state index in [0.29, 0.717) is 62.8 Å². The van der Waals surface area contributed by atoms with E-state index in [1.807, 2.05) is 42.0 Å². The van der Waals surface area contributed by atoms with Crippen molar-refractivity contribution in [2.24, 2.45) is 0 Å². The van der Waals surface area contributed by atoms with Crippen LogP contribution < -0.4 is 10.2 Å². The fourth-order valence-corrected chi connectivity index (χ4v) is 6.65. The van der Waals surface area contributed by atoms with Crippen molar-refractivity contribution in [1.82, 2.24) is 14.2 Å². The first-order valence-corrected chi connectivity index (χ1v) is 14.9. The first kappa shape index (κ1) is 28.0. The van der Waals surface area contributed by atoms with Gasteiger partial charge in [-0.05, 0) is 43.7 Å². The second-order valence-corrected chi connectivity index (χ2v) is 11.7. The topological polar surface area (TPSA) is 110 Å². The van der Waals surface area contributed by atoms with Gasteiger partial charge in [-0.1, -0.05) is 18.2 Å². The largest absolute Gasteiger partial charge is 0.385 e. The average Bonchev–Trinajstić information content (AvgIpc) is 3.45. The number of ether oxygens (including phenoxy) is 2. The Morgan fingerprint density at radius 3 is 2.67 bits per heavy atom. The first-order valence-electron chi connectivity index (χ1n) is 13.4. The molecule has 2 aliphatic heterocycles. The van der Waals surface area contributed by atoms with Gasteiger partial charge in [-0.3, -0.25) is 9.59 Å². The third kappa shape index (κ3) is 5.42. The van der Waals surface area contributed by atoms with E-state index in [1.54, 1.807) is 36.3 Å². The highest BCUT2D eigenvalue weighted by Gasteiger charge is 2.34. The number of anilines is 1. The van der Waals surface area contributed by atoms with E-state index in [4.69, 9.17) is 9.47 Å². The smallest absolute Gasteiger partial charge is 0.258 e. The maximum atomic E-state index is 13.6. The molecule has 1 aromatic heterocycles. The average molecular weight is 567 g/mol. The maximum absolute atomic E-state index is 13.6. The molecule has 2 aliphatic rings. The summed E-state index contributed by atoms with van der Waals surface area (Å²) >= 11 is 0. The molecule has 0 aliphatic carbocycles. The number of nitrogens with one attached hydrogen (secondary N) is 1. The molecule has 10 nitrogen and oxygen atoms in total. The summed E-state index contributed by atoms with van der Waals surface area (Å²) < 4.78 is 40.4. The van der Waals surface area contributed by atoms with Crippen molar-refractivity contribution >= 4 is 50.1 Å². The van der Waals surface area contributed by atoms with Crippen molar-refractivity contribution in [1.29, 1.82) is 0 Å². The Hall–Kier alpha value is -3.51. The number of nitrogens with zero attached hydrogens (tertiary/aromatic N) is 3. The Bertz CT molecular complexity index is 1560. The SMILES string of the molecule is CCN1C(=O)C(=Cc2cn(CC(=O)NCCCOC)c3ccccc23)c2cc(S(=O)(=O)N3CCOCC3)ccc21. The lowest BCUT2D eigenvalue weighted by atomic mass is 10.0. The summed E-state index contributed by atoms with van der Waals surface area (Å²) in [7, 11) is -2.11. The van der Waals surface area contributed by atoms with Crippen molar-refractivity contribution in [3.05, 3.63) is 59.8 Å². The zero-order chi connectivity index (χ0) is 28.3. The molecular weight excluding hydrogens is 532 g/mol. The van der Waals surface area contributed by atoms with Crippen LogP contribution in [0.25, 0.3) is 22.6 Å². The van der Waals surface area contributed by atoms with Crippen LogP contribution >= 0.6 is 0 Å². The summed E-state index contributed by atoms with van der Waals surface area (Å²) in [4.78, 5) is 28.0. The van der Waals surface area contributed by atoms with E-state index in [1.165, 1.54) is 4.31 Å². The molecule has 40 heavy (non-hydrogen) atoms. The molecule has 1 saturated heterocycles. The monoisotopic (exact) mass is 566 g/mol. The number of sulfonamides is 1. The number of para-hydroxylation sites is 1. The number of fused-ring (bicyclic) bond motifs is 2. The van der Waals surface area contributed by atoms with Gasteiger partial charge in [0.2, 0.25) is 15.9 Å². The van der Waals surface area contributed by atoms with Gasteiger partial charge in [0.1, 0.15) is 6.54 Å². The van der Waals surface area contributed by atoms with Crippen molar-refractivity contribution in [2.45, 2.75) is 24.8 Å². The zero-order valence-electron chi connectivity index (χ0n) is 22.8. The van der Waals surface area contributed by atoms with Gasteiger partial charge in [-0.25, -0.2) is 8.42 Å². The van der Waals surface area contributed by atoms with Crippen LogP contribution in [0.5, 0.6) is 0 Å². The fourth-order valence-electron chi connectivity index (χ4n) is 5.22. The van der Waals surface area contributed by atoms with Gasteiger partial charge in [0.25, 0.3) is 5.91 Å². The first-order chi connectivity index (χ1) is 19.3. The number of amides is 2. The van der Waals surface area contributed by atoms with E-state index in [0.717, 1.165) is 22.9 Å². The van der Waals surface area contributed by atoms with Crippen molar-refractivity contribution in [3.63, 3.8) is 0 Å². The van der Waals surface area contributed by atoms with Crippen LogP contribution in [0.3, 0.4) is 0 Å². The summed E-state index contributed by atoms with van der Waals surface area (Å²) in [6, 6.07) is 12.6. The molecule has 1 N–H and O–H groups in total. The maximum Gasteiger partial charge on any atom is 0.258 e. The third-order valence-corrected chi connectivity index (χ3v) is 9.12. The van der Waals surface area contributed by atoms with Gasteiger partial charge in [-0.2, -0.15) is 4.31 Å². The van der Waals surface area contributed by atoms with Crippen LogP contribution in [0.4, 0.5) is 5.69 Å². The molecule has 2 aromatic carbocycles. The Morgan fingerprint density at radius 2 is 1.93 bits per heavy atom. The summed E-state index contributed by atoms with van der Waals surface area (Å²) in [6.45, 7) is 4.86. The lowest BCUT2D eigenvalue weighted by Gasteiger charge is -2.26. The van der Waals surface area contributed by atoms with Crippen LogP contribution in [0.1, 0.15) is 24.5 Å². The molecule has 5 rings (SSSR count). The van der Waals surface area contributed by atoms with E-state index in [-0.39, 0.29) is 23.3 Å². The van der Waals surface area contributed by atoms with Crippen LogP contribution in [0.15, 0.2) is 53.6 Å². The Kier molecular flexibility index (Phi) is 8.36. The number of hydrogen-bond acceptors (Lipinski definition) is 6. The normalized spacial score (nSPS) is 17.1. The van der Waals surface area contributed by atoms with Crippen LogP contribution in [0, 0.1) is 0 Å². The highest BCUT2D eigenvalue weighted by molar-refractivity contribution is 7.89. The molecule has 1 fully saturated rings. The minimum Gasteiger partial charge on any atom is -0.385 e. The molecule has 0 atom stereocenters. The Morgan fingerprint density at radius 1 is 1.15 bits per heavy atom. The minimum absolute atomic E-state index is 0.117. The molecule has 0 unspecified atom stereocenters. The number of hydrogen-bond donors (Lipinski definition) is 1. The molecule has 11 heteroatoms. The van der Waals surface area contributed by atoms with E-state index in [9.17, 15) is 18.0 Å². The third-order valence-electron chi connectivity index (χ3n) is 7.23.